The molecule has 0 aromatic rings. The third-order valence-electron chi connectivity index (χ3n) is 0.345. The van der Waals surface area contributed by atoms with Gasteiger partial charge in [0.05, 0.1) is 0 Å². The lowest BCUT2D eigenvalue weighted by molar-refractivity contribution is 1.69. The molecule has 0 saturated carbocycles. The van der Waals surface area contributed by atoms with Crippen molar-refractivity contribution < 1.29 is 0 Å². The predicted molar refractivity (Wildman–Crippen MR) is 38.7 cm³/mol. The molecule has 0 spiro atoms. The Hall–Kier alpha value is 0.760. The summed E-state index contributed by atoms with van der Waals surface area (Å²) in [6.07, 6.45) is 3.97. The summed E-state index contributed by atoms with van der Waals surface area (Å²) in [5.74, 6) is 0.642. The molecule has 0 heterocycles. The quantitative estimate of drug-likeness (QED) is 0.377. The molecule has 0 rings (SSSR count). The fourth-order valence-corrected chi connectivity index (χ4v) is 0.612. The molecule has 0 fully saturated rings. The molecular formula is C4H6ClI. The van der Waals surface area contributed by atoms with Crippen LogP contribution in [0.25, 0.3) is 0 Å². The highest BCUT2D eigenvalue weighted by Gasteiger charge is 1.62. The van der Waals surface area contributed by atoms with Crippen LogP contribution in [0.15, 0.2) is 12.2 Å². The molecule has 6 heavy (non-hydrogen) atoms. The summed E-state index contributed by atoms with van der Waals surface area (Å²) in [6.45, 7) is 0. The molecule has 0 radical (unpaired) electrons. The maximum atomic E-state index is 5.29. The Balaban J connectivity index is 2.73. The van der Waals surface area contributed by atoms with Gasteiger partial charge < -0.3 is 0 Å². The lowest BCUT2D eigenvalue weighted by Gasteiger charge is -1.69. The van der Waals surface area contributed by atoms with Crippen molar-refractivity contribution in [2.75, 3.05) is 10.3 Å². The van der Waals surface area contributed by atoms with Crippen molar-refractivity contribution in [3.63, 3.8) is 0 Å². The normalized spacial score (nSPS) is 10.3. The zero-order chi connectivity index (χ0) is 4.83. The topological polar surface area (TPSA) is 0 Å². The van der Waals surface area contributed by atoms with Gasteiger partial charge in [0.25, 0.3) is 0 Å². The maximum Gasteiger partial charge on any atom is 0.0404 e. The zero-order valence-electron chi connectivity index (χ0n) is 3.32. The van der Waals surface area contributed by atoms with E-state index in [1.807, 2.05) is 12.2 Å². The maximum absolute atomic E-state index is 5.29. The smallest absolute Gasteiger partial charge is 0.0404 e. The van der Waals surface area contributed by atoms with Gasteiger partial charge in [-0.3, -0.25) is 0 Å². The lowest BCUT2D eigenvalue weighted by Crippen LogP contribution is -1.59. The fourth-order valence-electron chi connectivity index (χ4n) is 0.126. The van der Waals surface area contributed by atoms with Crippen LogP contribution in [-0.2, 0) is 0 Å². The SMILES string of the molecule is ClC/C=C\CI. The third-order valence-corrected chi connectivity index (χ3v) is 1.03. The van der Waals surface area contributed by atoms with Crippen molar-refractivity contribution >= 4 is 34.2 Å². The van der Waals surface area contributed by atoms with Gasteiger partial charge in [0.1, 0.15) is 0 Å². The Morgan fingerprint density at radius 2 is 2.17 bits per heavy atom. The standard InChI is InChI=1S/C4H6ClI/c5-3-1-2-4-6/h1-2H,3-4H2/b2-1-. The first kappa shape index (κ1) is 6.76. The largest absolute Gasteiger partial charge is 0.122 e. The number of alkyl halides is 2. The van der Waals surface area contributed by atoms with Crippen LogP contribution in [0.3, 0.4) is 0 Å². The first-order valence-electron chi connectivity index (χ1n) is 1.68. The van der Waals surface area contributed by atoms with Crippen molar-refractivity contribution in [2.24, 2.45) is 0 Å². The highest BCUT2D eigenvalue weighted by Crippen LogP contribution is 1.83. The Labute approximate surface area is 56.7 Å². The Morgan fingerprint density at radius 3 is 2.33 bits per heavy atom. The van der Waals surface area contributed by atoms with Gasteiger partial charge in [0.15, 0.2) is 0 Å². The van der Waals surface area contributed by atoms with Gasteiger partial charge in [0.2, 0.25) is 0 Å². The molecule has 0 amide bonds. The average molecular weight is 216 g/mol. The van der Waals surface area contributed by atoms with Gasteiger partial charge in [0, 0.05) is 10.3 Å². The summed E-state index contributed by atoms with van der Waals surface area (Å²) >= 11 is 7.56. The minimum atomic E-state index is 0.642. The summed E-state index contributed by atoms with van der Waals surface area (Å²) in [4.78, 5) is 0. The molecule has 0 saturated heterocycles. The summed E-state index contributed by atoms with van der Waals surface area (Å²) in [5.41, 5.74) is 0. The van der Waals surface area contributed by atoms with Crippen LogP contribution in [0.5, 0.6) is 0 Å². The summed E-state index contributed by atoms with van der Waals surface area (Å²) in [6, 6.07) is 0. The van der Waals surface area contributed by atoms with E-state index in [1.54, 1.807) is 0 Å². The van der Waals surface area contributed by atoms with Crippen LogP contribution in [0.1, 0.15) is 0 Å². The van der Waals surface area contributed by atoms with E-state index in [-0.39, 0.29) is 0 Å². The zero-order valence-corrected chi connectivity index (χ0v) is 6.24. The molecule has 0 N–H and O–H groups in total. The van der Waals surface area contributed by atoms with Crippen LogP contribution in [0.4, 0.5) is 0 Å². The van der Waals surface area contributed by atoms with E-state index in [0.29, 0.717) is 5.88 Å². The summed E-state index contributed by atoms with van der Waals surface area (Å²) in [7, 11) is 0. The van der Waals surface area contributed by atoms with Gasteiger partial charge in [-0.2, -0.15) is 0 Å². The average Bonchev–Trinajstić information content (AvgIpc) is 1.61. The van der Waals surface area contributed by atoms with Crippen molar-refractivity contribution in [1.29, 1.82) is 0 Å². The molecule has 0 aliphatic heterocycles. The third kappa shape index (κ3) is 4.76. The second-order valence-electron chi connectivity index (χ2n) is 0.780. The minimum absolute atomic E-state index is 0.642. The second kappa shape index (κ2) is 5.76. The van der Waals surface area contributed by atoms with E-state index >= 15 is 0 Å². The van der Waals surface area contributed by atoms with Crippen LogP contribution in [-0.4, -0.2) is 10.3 Å². The Morgan fingerprint density at radius 1 is 1.50 bits per heavy atom. The molecule has 36 valence electrons. The molecule has 0 bridgehead atoms. The highest BCUT2D eigenvalue weighted by atomic mass is 127. The number of hydrogen-bond donors (Lipinski definition) is 0. The van der Waals surface area contributed by atoms with Crippen LogP contribution < -0.4 is 0 Å². The lowest BCUT2D eigenvalue weighted by atomic mass is 10.6. The molecule has 0 nitrogen and oxygen atoms in total. The number of hydrogen-bond acceptors (Lipinski definition) is 0. The summed E-state index contributed by atoms with van der Waals surface area (Å²) < 4.78 is 1.06. The molecule has 0 aliphatic rings. The highest BCUT2D eigenvalue weighted by molar-refractivity contribution is 14.1. The molecule has 2 heteroatoms. The Bertz CT molecular complexity index is 36.8. The van der Waals surface area contributed by atoms with Crippen LogP contribution in [0.2, 0.25) is 0 Å². The number of allylic oxidation sites excluding steroid dienone is 2. The van der Waals surface area contributed by atoms with E-state index in [1.165, 1.54) is 0 Å². The van der Waals surface area contributed by atoms with E-state index < -0.39 is 0 Å². The number of halogens is 2. The monoisotopic (exact) mass is 216 g/mol. The molecule has 0 aliphatic carbocycles. The molecule has 0 unspecified atom stereocenters. The van der Waals surface area contributed by atoms with Crippen molar-refractivity contribution in [1.82, 2.24) is 0 Å². The van der Waals surface area contributed by atoms with Gasteiger partial charge in [-0.1, -0.05) is 34.7 Å². The van der Waals surface area contributed by atoms with Gasteiger partial charge in [-0.25, -0.2) is 0 Å². The van der Waals surface area contributed by atoms with E-state index in [0.717, 1.165) is 4.43 Å². The van der Waals surface area contributed by atoms with Crippen molar-refractivity contribution in [2.45, 2.75) is 0 Å². The predicted octanol–water partition coefficient (Wildman–Crippen LogP) is 2.22. The molecule has 0 atom stereocenters. The molecular weight excluding hydrogens is 210 g/mol. The number of rotatable bonds is 2. The Kier molecular flexibility index (Phi) is 6.49. The van der Waals surface area contributed by atoms with Crippen LogP contribution in [0, 0.1) is 0 Å². The van der Waals surface area contributed by atoms with E-state index in [2.05, 4.69) is 22.6 Å². The molecule has 0 aromatic heterocycles. The van der Waals surface area contributed by atoms with E-state index in [4.69, 9.17) is 11.6 Å². The second-order valence-corrected chi connectivity index (χ2v) is 1.97. The van der Waals surface area contributed by atoms with Crippen LogP contribution >= 0.6 is 34.2 Å². The van der Waals surface area contributed by atoms with Crippen molar-refractivity contribution in [3.8, 4) is 0 Å². The first-order chi connectivity index (χ1) is 2.91. The fraction of sp³-hybridized carbons (Fsp3) is 0.500. The first-order valence-corrected chi connectivity index (χ1v) is 3.74. The van der Waals surface area contributed by atoms with Gasteiger partial charge in [-0.15, -0.1) is 11.6 Å². The van der Waals surface area contributed by atoms with Gasteiger partial charge in [-0.05, 0) is 0 Å². The van der Waals surface area contributed by atoms with Gasteiger partial charge >= 0.3 is 0 Å². The minimum Gasteiger partial charge on any atom is -0.122 e. The molecule has 0 aromatic carbocycles. The van der Waals surface area contributed by atoms with Crippen molar-refractivity contribution in [3.05, 3.63) is 12.2 Å². The summed E-state index contributed by atoms with van der Waals surface area (Å²) in [5, 5.41) is 0. The van der Waals surface area contributed by atoms with E-state index in [9.17, 15) is 0 Å².